The minimum absolute atomic E-state index is 0.156. The zero-order valence-electron chi connectivity index (χ0n) is 18.1. The summed E-state index contributed by atoms with van der Waals surface area (Å²) in [5.74, 6) is 0.586. The lowest BCUT2D eigenvalue weighted by molar-refractivity contribution is 0.0679. The van der Waals surface area contributed by atoms with E-state index in [0.717, 1.165) is 66.0 Å². The van der Waals surface area contributed by atoms with Crippen LogP contribution in [0.3, 0.4) is 0 Å². The molecule has 0 radical (unpaired) electrons. The van der Waals surface area contributed by atoms with Gasteiger partial charge in [-0.25, -0.2) is 0 Å². The fourth-order valence-corrected chi connectivity index (χ4v) is 3.76. The molecule has 1 aliphatic rings. The first kappa shape index (κ1) is 21.3. The summed E-state index contributed by atoms with van der Waals surface area (Å²) in [5.41, 5.74) is 4.35. The number of hydrogen-bond donors (Lipinski definition) is 2. The van der Waals surface area contributed by atoms with Crippen molar-refractivity contribution in [2.24, 2.45) is 0 Å². The Morgan fingerprint density at radius 3 is 2.81 bits per heavy atom. The van der Waals surface area contributed by atoms with Crippen LogP contribution in [0.5, 0.6) is 5.75 Å². The first-order chi connectivity index (χ1) is 15.1. The molecule has 0 aliphatic carbocycles. The van der Waals surface area contributed by atoms with Gasteiger partial charge in [0.1, 0.15) is 12.4 Å². The van der Waals surface area contributed by atoms with Gasteiger partial charge < -0.3 is 20.1 Å². The third-order valence-corrected chi connectivity index (χ3v) is 5.57. The Morgan fingerprint density at radius 2 is 2.06 bits per heavy atom. The summed E-state index contributed by atoms with van der Waals surface area (Å²) in [5, 5.41) is 7.39. The van der Waals surface area contributed by atoms with Crippen molar-refractivity contribution in [3.8, 4) is 5.75 Å². The van der Waals surface area contributed by atoms with Gasteiger partial charge in [-0.3, -0.25) is 9.78 Å². The molecule has 2 N–H and O–H groups in total. The van der Waals surface area contributed by atoms with Crippen LogP contribution in [0.1, 0.15) is 41.3 Å². The lowest BCUT2D eigenvalue weighted by atomic mass is 10.1. The average molecular weight is 420 g/mol. The molecule has 1 saturated heterocycles. The minimum atomic E-state index is -0.156. The fraction of sp³-hybridized carbons (Fsp3) is 0.360. The van der Waals surface area contributed by atoms with Gasteiger partial charge in [0.25, 0.3) is 5.91 Å². The van der Waals surface area contributed by atoms with Crippen LogP contribution in [-0.4, -0.2) is 36.8 Å². The third-order valence-electron chi connectivity index (χ3n) is 5.57. The Morgan fingerprint density at radius 1 is 1.23 bits per heavy atom. The van der Waals surface area contributed by atoms with Crippen molar-refractivity contribution in [2.75, 3.05) is 25.1 Å². The monoisotopic (exact) mass is 419 g/mol. The van der Waals surface area contributed by atoms with E-state index in [1.165, 1.54) is 0 Å². The zero-order chi connectivity index (χ0) is 21.6. The summed E-state index contributed by atoms with van der Waals surface area (Å²) in [7, 11) is 0. The van der Waals surface area contributed by atoms with Crippen molar-refractivity contribution in [1.29, 1.82) is 0 Å². The molecule has 1 aromatic heterocycles. The molecule has 4 rings (SSSR count). The first-order valence-electron chi connectivity index (χ1n) is 10.9. The number of rotatable bonds is 8. The number of pyridine rings is 1. The highest BCUT2D eigenvalue weighted by molar-refractivity contribution is 6.06. The molecule has 6 heteroatoms. The van der Waals surface area contributed by atoms with Gasteiger partial charge >= 0.3 is 0 Å². The highest BCUT2D eigenvalue weighted by Gasteiger charge is 2.16. The Labute approximate surface area is 183 Å². The van der Waals surface area contributed by atoms with Crippen LogP contribution in [0.25, 0.3) is 10.9 Å². The second-order valence-electron chi connectivity index (χ2n) is 7.86. The van der Waals surface area contributed by atoms with Gasteiger partial charge in [-0.15, -0.1) is 0 Å². The molecule has 1 amide bonds. The maximum absolute atomic E-state index is 12.8. The average Bonchev–Trinajstić information content (AvgIpc) is 3.32. The summed E-state index contributed by atoms with van der Waals surface area (Å²) < 4.78 is 11.3. The Bertz CT molecular complexity index is 1040. The van der Waals surface area contributed by atoms with Gasteiger partial charge in [0.2, 0.25) is 0 Å². The summed E-state index contributed by atoms with van der Waals surface area (Å²) in [6, 6.07) is 13.3. The smallest absolute Gasteiger partial charge is 0.255 e. The van der Waals surface area contributed by atoms with E-state index in [0.29, 0.717) is 12.2 Å². The number of nitrogens with one attached hydrogen (secondary N) is 2. The molecule has 0 spiro atoms. The molecule has 1 fully saturated rings. The summed E-state index contributed by atoms with van der Waals surface area (Å²) in [4.78, 5) is 17.4. The second kappa shape index (κ2) is 9.90. The van der Waals surface area contributed by atoms with E-state index in [2.05, 4.69) is 28.6 Å². The molecule has 2 heterocycles. The summed E-state index contributed by atoms with van der Waals surface area (Å²) in [6.45, 7) is 7.14. The Kier molecular flexibility index (Phi) is 6.79. The van der Waals surface area contributed by atoms with Crippen LogP contribution in [0.2, 0.25) is 0 Å². The second-order valence-corrected chi connectivity index (χ2v) is 7.86. The van der Waals surface area contributed by atoms with E-state index in [1.54, 1.807) is 12.1 Å². The SMILES string of the molecule is CCNCc1cnc2c(C)c(NC(=O)c3ccc(OCC4CCCO4)cc3)ccc2c1. The molecule has 1 unspecified atom stereocenters. The molecule has 2 aromatic carbocycles. The molecular weight excluding hydrogens is 390 g/mol. The molecule has 162 valence electrons. The van der Waals surface area contributed by atoms with Gasteiger partial charge in [0.15, 0.2) is 0 Å². The number of ether oxygens (including phenoxy) is 2. The van der Waals surface area contributed by atoms with Crippen LogP contribution in [0.4, 0.5) is 5.69 Å². The van der Waals surface area contributed by atoms with Crippen molar-refractivity contribution < 1.29 is 14.3 Å². The molecule has 0 saturated carbocycles. The number of anilines is 1. The number of aromatic nitrogens is 1. The van der Waals surface area contributed by atoms with Crippen molar-refractivity contribution in [3.63, 3.8) is 0 Å². The molecular formula is C25H29N3O3. The molecule has 1 atom stereocenters. The van der Waals surface area contributed by atoms with Gasteiger partial charge in [-0.2, -0.15) is 0 Å². The standard InChI is InChI=1S/C25H29N3O3/c1-3-26-14-18-13-20-8-11-23(17(2)24(20)27-15-18)28-25(29)19-6-9-21(10-7-19)31-16-22-5-4-12-30-22/h6-11,13,15,22,26H,3-5,12,14,16H2,1-2H3,(H,28,29). The molecule has 6 nitrogen and oxygen atoms in total. The van der Waals surface area contributed by atoms with E-state index in [1.807, 2.05) is 37.4 Å². The molecule has 0 bridgehead atoms. The summed E-state index contributed by atoms with van der Waals surface area (Å²) >= 11 is 0. The quantitative estimate of drug-likeness (QED) is 0.564. The van der Waals surface area contributed by atoms with Crippen molar-refractivity contribution in [3.05, 3.63) is 65.4 Å². The molecule has 3 aromatic rings. The first-order valence-corrected chi connectivity index (χ1v) is 10.9. The van der Waals surface area contributed by atoms with Gasteiger partial charge in [-0.05, 0) is 73.8 Å². The van der Waals surface area contributed by atoms with E-state index < -0.39 is 0 Å². The normalized spacial score (nSPS) is 15.9. The Hall–Kier alpha value is -2.96. The summed E-state index contributed by atoms with van der Waals surface area (Å²) in [6.07, 6.45) is 4.19. The number of carbonyl (C=O) groups excluding carboxylic acids is 1. The number of amides is 1. The maximum atomic E-state index is 12.8. The number of fused-ring (bicyclic) bond motifs is 1. The van der Waals surface area contributed by atoms with Crippen LogP contribution in [0.15, 0.2) is 48.7 Å². The molecule has 1 aliphatic heterocycles. The third kappa shape index (κ3) is 5.21. The van der Waals surface area contributed by atoms with E-state index in [4.69, 9.17) is 9.47 Å². The highest BCUT2D eigenvalue weighted by Crippen LogP contribution is 2.25. The minimum Gasteiger partial charge on any atom is -0.491 e. The van der Waals surface area contributed by atoms with Gasteiger partial charge in [0.05, 0.1) is 11.6 Å². The van der Waals surface area contributed by atoms with Gasteiger partial charge in [0, 0.05) is 36.0 Å². The van der Waals surface area contributed by atoms with E-state index >= 15 is 0 Å². The number of hydrogen-bond acceptors (Lipinski definition) is 5. The number of nitrogens with zero attached hydrogens (tertiary/aromatic N) is 1. The van der Waals surface area contributed by atoms with Crippen LogP contribution in [-0.2, 0) is 11.3 Å². The Balaban J connectivity index is 1.41. The largest absolute Gasteiger partial charge is 0.491 e. The van der Waals surface area contributed by atoms with E-state index in [9.17, 15) is 4.79 Å². The number of aryl methyl sites for hydroxylation is 1. The van der Waals surface area contributed by atoms with Crippen molar-refractivity contribution in [1.82, 2.24) is 10.3 Å². The van der Waals surface area contributed by atoms with Crippen LogP contribution in [0, 0.1) is 6.92 Å². The topological polar surface area (TPSA) is 72.5 Å². The zero-order valence-corrected chi connectivity index (χ0v) is 18.1. The predicted octanol–water partition coefficient (Wildman–Crippen LogP) is 4.46. The number of benzene rings is 2. The lowest BCUT2D eigenvalue weighted by Crippen LogP contribution is -2.16. The van der Waals surface area contributed by atoms with Crippen LogP contribution < -0.4 is 15.4 Å². The fourth-order valence-electron chi connectivity index (χ4n) is 3.76. The van der Waals surface area contributed by atoms with Gasteiger partial charge in [-0.1, -0.05) is 13.0 Å². The predicted molar refractivity (Wildman–Crippen MR) is 123 cm³/mol. The van der Waals surface area contributed by atoms with Crippen LogP contribution >= 0.6 is 0 Å². The maximum Gasteiger partial charge on any atom is 0.255 e. The molecule has 31 heavy (non-hydrogen) atoms. The lowest BCUT2D eigenvalue weighted by Gasteiger charge is -2.13. The van der Waals surface area contributed by atoms with Crippen molar-refractivity contribution >= 4 is 22.5 Å². The van der Waals surface area contributed by atoms with E-state index in [-0.39, 0.29) is 12.0 Å². The van der Waals surface area contributed by atoms with Crippen molar-refractivity contribution in [2.45, 2.75) is 39.3 Å². The number of carbonyl (C=O) groups is 1. The highest BCUT2D eigenvalue weighted by atomic mass is 16.5.